The minimum atomic E-state index is 0.380. The average molecular weight is 295 g/mol. The summed E-state index contributed by atoms with van der Waals surface area (Å²) in [5, 5.41) is 0. The maximum absolute atomic E-state index is 3.00. The van der Waals surface area contributed by atoms with Gasteiger partial charge in [-0.1, -0.05) is 0 Å². The van der Waals surface area contributed by atoms with Gasteiger partial charge in [-0.3, -0.25) is 0 Å². The summed E-state index contributed by atoms with van der Waals surface area (Å²) < 4.78 is 0. The molecule has 0 heterocycles. The minimum absolute atomic E-state index is 0.380. The van der Waals surface area contributed by atoms with E-state index in [1.54, 1.807) is 0 Å². The molecule has 0 saturated heterocycles. The normalized spacial score (nSPS) is 8.29. The molecule has 0 bridgehead atoms. The van der Waals surface area contributed by atoms with Gasteiger partial charge in [0.05, 0.1) is 0 Å². The van der Waals surface area contributed by atoms with Gasteiger partial charge in [0.1, 0.15) is 0 Å². The van der Waals surface area contributed by atoms with E-state index in [0.29, 0.717) is 7.92 Å². The Morgan fingerprint density at radius 3 is 1.14 bits per heavy atom. The SMILES string of the molecule is CP(C)C.[Br][Ni][Br]. The first-order valence-corrected chi connectivity index (χ1v) is 9.15. The zero-order chi connectivity index (χ0) is 6.28. The molecule has 0 radical (unpaired) electrons. The second-order valence-corrected chi connectivity index (χ2v) is 9.05. The summed E-state index contributed by atoms with van der Waals surface area (Å²) in [6, 6.07) is 0. The fourth-order valence-electron chi connectivity index (χ4n) is 0. The first kappa shape index (κ1) is 11.7. The predicted molar refractivity (Wildman–Crippen MR) is 42.5 cm³/mol. The van der Waals surface area contributed by atoms with Crippen molar-refractivity contribution in [3.8, 4) is 0 Å². The van der Waals surface area contributed by atoms with Gasteiger partial charge in [-0.25, -0.2) is 0 Å². The first-order valence-electron chi connectivity index (χ1n) is 1.58. The summed E-state index contributed by atoms with van der Waals surface area (Å²) in [6.07, 6.45) is 0. The first-order chi connectivity index (χ1) is 3.15. The van der Waals surface area contributed by atoms with Crippen molar-refractivity contribution in [1.29, 1.82) is 0 Å². The third-order valence-corrected chi connectivity index (χ3v) is 0. The summed E-state index contributed by atoms with van der Waals surface area (Å²) in [7, 11) is 1.63. The second-order valence-electron chi connectivity index (χ2n) is 1.39. The quantitative estimate of drug-likeness (QED) is 0.476. The van der Waals surface area contributed by atoms with Crippen molar-refractivity contribution in [2.75, 3.05) is 20.0 Å². The Morgan fingerprint density at radius 2 is 1.14 bits per heavy atom. The Bertz CT molecular complexity index is 24.1. The van der Waals surface area contributed by atoms with Gasteiger partial charge in [-0.15, -0.1) is 7.92 Å². The molecular formula is C3H9Br2NiP. The van der Waals surface area contributed by atoms with Crippen LogP contribution in [0, 0.1) is 0 Å². The number of hydrogen-bond donors (Lipinski definition) is 0. The Balaban J connectivity index is 0. The summed E-state index contributed by atoms with van der Waals surface area (Å²) >= 11 is 6.00. The zero-order valence-electron chi connectivity index (χ0n) is 4.52. The molecule has 0 spiro atoms. The van der Waals surface area contributed by atoms with E-state index in [4.69, 9.17) is 0 Å². The molecule has 0 fully saturated rings. The van der Waals surface area contributed by atoms with E-state index in [-0.39, 0.29) is 0 Å². The van der Waals surface area contributed by atoms with Crippen molar-refractivity contribution >= 4 is 36.4 Å². The fourth-order valence-corrected chi connectivity index (χ4v) is 0. The van der Waals surface area contributed by atoms with Crippen molar-refractivity contribution in [2.45, 2.75) is 0 Å². The fraction of sp³-hybridized carbons (Fsp3) is 1.00. The van der Waals surface area contributed by atoms with E-state index in [1.807, 2.05) is 0 Å². The van der Waals surface area contributed by atoms with Gasteiger partial charge < -0.3 is 0 Å². The van der Waals surface area contributed by atoms with Crippen LogP contribution in [0.1, 0.15) is 0 Å². The predicted octanol–water partition coefficient (Wildman–Crippen LogP) is 3.05. The van der Waals surface area contributed by atoms with E-state index >= 15 is 0 Å². The second kappa shape index (κ2) is 10.8. The van der Waals surface area contributed by atoms with Crippen LogP contribution < -0.4 is 0 Å². The van der Waals surface area contributed by atoms with Crippen LogP contribution in [0.25, 0.3) is 0 Å². The summed E-state index contributed by atoms with van der Waals surface area (Å²) in [5.74, 6) is 0. The Hall–Kier alpha value is 1.88. The third kappa shape index (κ3) is 76.9. The van der Waals surface area contributed by atoms with Gasteiger partial charge >= 0.3 is 39.3 Å². The Labute approximate surface area is 66.9 Å². The van der Waals surface area contributed by atoms with Crippen LogP contribution in [-0.4, -0.2) is 20.0 Å². The molecule has 0 N–H and O–H groups in total. The van der Waals surface area contributed by atoms with Crippen LogP contribution in [-0.2, 0) is 10.9 Å². The average Bonchev–Trinajstić information content (AvgIpc) is 1.33. The Kier molecular flexibility index (Phi) is 18.0. The molecule has 0 amide bonds. The topological polar surface area (TPSA) is 0 Å². The molecule has 0 aliphatic heterocycles. The van der Waals surface area contributed by atoms with Crippen molar-refractivity contribution < 1.29 is 10.9 Å². The Morgan fingerprint density at radius 1 is 1.14 bits per heavy atom. The van der Waals surface area contributed by atoms with Gasteiger partial charge in [0, 0.05) is 0 Å². The molecule has 0 unspecified atom stereocenters. The molecule has 0 aromatic heterocycles. The van der Waals surface area contributed by atoms with Gasteiger partial charge in [0.15, 0.2) is 0 Å². The van der Waals surface area contributed by atoms with E-state index < -0.39 is 0 Å². The molecule has 0 nitrogen and oxygen atoms in total. The van der Waals surface area contributed by atoms with Crippen molar-refractivity contribution in [2.24, 2.45) is 0 Å². The van der Waals surface area contributed by atoms with E-state index in [0.717, 1.165) is 0 Å². The van der Waals surface area contributed by atoms with Crippen molar-refractivity contribution in [3.63, 3.8) is 0 Å². The van der Waals surface area contributed by atoms with Gasteiger partial charge in [0.25, 0.3) is 0 Å². The third-order valence-electron chi connectivity index (χ3n) is 0. The zero-order valence-corrected chi connectivity index (χ0v) is 9.57. The number of hydrogen-bond acceptors (Lipinski definition) is 0. The summed E-state index contributed by atoms with van der Waals surface area (Å²) in [5.41, 5.74) is 0. The molecule has 0 atom stereocenters. The molecule has 0 aliphatic carbocycles. The van der Waals surface area contributed by atoms with Crippen LogP contribution in [0.5, 0.6) is 0 Å². The molecule has 0 aliphatic rings. The van der Waals surface area contributed by atoms with Crippen molar-refractivity contribution in [1.82, 2.24) is 0 Å². The monoisotopic (exact) mass is 292 g/mol. The van der Waals surface area contributed by atoms with Crippen LogP contribution >= 0.6 is 36.4 Å². The summed E-state index contributed by atoms with van der Waals surface area (Å²) in [4.78, 5) is 0. The molecule has 0 aromatic carbocycles. The number of halogens is 2. The standard InChI is InChI=1S/C3H9P.2BrH.Ni/c1-4(2)3;;;/h1-3H3;2*1H;/q;;;+2/p-2. The molecule has 0 aromatic rings. The van der Waals surface area contributed by atoms with Crippen molar-refractivity contribution in [3.05, 3.63) is 0 Å². The molecule has 7 heavy (non-hydrogen) atoms. The maximum atomic E-state index is 3.00. The molecule has 0 saturated carbocycles. The van der Waals surface area contributed by atoms with Gasteiger partial charge in [0.2, 0.25) is 0 Å². The van der Waals surface area contributed by atoms with Gasteiger partial charge in [-0.05, 0) is 20.0 Å². The van der Waals surface area contributed by atoms with Crippen LogP contribution in [0.2, 0.25) is 0 Å². The molecule has 50 valence electrons. The van der Waals surface area contributed by atoms with Crippen LogP contribution in [0.4, 0.5) is 0 Å². The molecule has 0 rings (SSSR count). The number of rotatable bonds is 0. The van der Waals surface area contributed by atoms with Crippen LogP contribution in [0.15, 0.2) is 0 Å². The van der Waals surface area contributed by atoms with E-state index in [1.165, 1.54) is 10.9 Å². The van der Waals surface area contributed by atoms with Crippen LogP contribution in [0.3, 0.4) is 0 Å². The summed E-state index contributed by atoms with van der Waals surface area (Å²) in [6.45, 7) is 6.69. The van der Waals surface area contributed by atoms with E-state index in [2.05, 4.69) is 48.4 Å². The molecule has 4 heteroatoms. The van der Waals surface area contributed by atoms with Gasteiger partial charge in [-0.2, -0.15) is 0 Å². The van der Waals surface area contributed by atoms with E-state index in [9.17, 15) is 0 Å². The molecular weight excluding hydrogens is 286 g/mol.